The van der Waals surface area contributed by atoms with Gasteiger partial charge < -0.3 is 0 Å². The summed E-state index contributed by atoms with van der Waals surface area (Å²) in [4.78, 5) is -0.431. The van der Waals surface area contributed by atoms with Crippen LogP contribution < -0.4 is 0 Å². The number of alkyl halides is 6. The average Bonchev–Trinajstić information content (AvgIpc) is 2.25. The van der Waals surface area contributed by atoms with E-state index < -0.39 is 52.2 Å². The van der Waals surface area contributed by atoms with Gasteiger partial charge in [-0.15, -0.1) is 0 Å². The maximum atomic E-state index is 12.7. The summed E-state index contributed by atoms with van der Waals surface area (Å²) in [6, 6.07) is 4.96. The summed E-state index contributed by atoms with van der Waals surface area (Å²) in [5.41, 5.74) is 0.705. The molecule has 0 saturated carbocycles. The molecule has 0 aliphatic rings. The Balaban J connectivity index is 2.83. The predicted octanol–water partition coefficient (Wildman–Crippen LogP) is 3.23. The summed E-state index contributed by atoms with van der Waals surface area (Å²) in [6.07, 6.45) is -5.87. The van der Waals surface area contributed by atoms with Gasteiger partial charge in [-0.3, -0.25) is 0 Å². The third-order valence-corrected chi connectivity index (χ3v) is 7.60. The van der Waals surface area contributed by atoms with Crippen LogP contribution in [0.1, 0.15) is 5.56 Å². The molecule has 0 spiro atoms. The molecule has 0 amide bonds. The molecule has 1 N–H and O–H groups in total. The van der Waals surface area contributed by atoms with E-state index in [1.807, 2.05) is 0 Å². The fourth-order valence-corrected chi connectivity index (χ4v) is 5.75. The van der Waals surface area contributed by atoms with E-state index in [1.54, 1.807) is 6.92 Å². The Hall–Kier alpha value is -0.530. The van der Waals surface area contributed by atoms with Crippen molar-refractivity contribution in [3.63, 3.8) is 0 Å². The Morgan fingerprint density at radius 3 is 2.05 bits per heavy atom. The van der Waals surface area contributed by atoms with Crippen LogP contribution in [-0.2, 0) is 12.6 Å². The quantitative estimate of drug-likeness (QED) is 0.427. The summed E-state index contributed by atoms with van der Waals surface area (Å²) in [7, 11) is -4.58. The minimum atomic E-state index is -5.87. The third kappa shape index (κ3) is 5.00. The van der Waals surface area contributed by atoms with Crippen LogP contribution in [0.3, 0.4) is 0 Å². The minimum absolute atomic E-state index is 0.431. The summed E-state index contributed by atoms with van der Waals surface area (Å²) >= 11 is -4.48. The van der Waals surface area contributed by atoms with Gasteiger partial charge in [0, 0.05) is 0 Å². The molecule has 1 aromatic rings. The molecule has 0 fully saturated rings. The monoisotopic (exact) mass is 448 g/mol. The van der Waals surface area contributed by atoms with Crippen LogP contribution in [0.4, 0.5) is 22.0 Å². The Morgan fingerprint density at radius 1 is 1.14 bits per heavy atom. The molecule has 1 rings (SSSR count). The van der Waals surface area contributed by atoms with Gasteiger partial charge in [0.05, 0.1) is 0 Å². The first-order chi connectivity index (χ1) is 9.35. The molecule has 0 radical (unpaired) electrons. The van der Waals surface area contributed by atoms with Crippen LogP contribution in [0.25, 0.3) is 0 Å². The van der Waals surface area contributed by atoms with E-state index in [2.05, 4.69) is 2.51 Å². The van der Waals surface area contributed by atoms with Gasteiger partial charge >= 0.3 is 125 Å². The molecule has 122 valence electrons. The van der Waals surface area contributed by atoms with Gasteiger partial charge in [0.1, 0.15) is 0 Å². The normalized spacial score (nSPS) is 14.1. The molecular weight excluding hydrogens is 438 g/mol. The Morgan fingerprint density at radius 2 is 1.62 bits per heavy atom. The van der Waals surface area contributed by atoms with Gasteiger partial charge in [0.15, 0.2) is 0 Å². The van der Waals surface area contributed by atoms with Crippen LogP contribution in [-0.4, -0.2) is 28.4 Å². The fraction of sp³-hybridized carbons (Fsp3) is 0.400. The maximum absolute atomic E-state index is 12.7. The first-order valence-electron chi connectivity index (χ1n) is 5.16. The first kappa shape index (κ1) is 18.5. The van der Waals surface area contributed by atoms with Crippen LogP contribution in [0, 0.1) is 6.92 Å². The van der Waals surface area contributed by atoms with E-state index >= 15 is 0 Å². The van der Waals surface area contributed by atoms with Gasteiger partial charge in [-0.1, -0.05) is 0 Å². The van der Waals surface area contributed by atoms with Crippen molar-refractivity contribution in [2.24, 2.45) is 0 Å². The van der Waals surface area contributed by atoms with E-state index in [1.165, 1.54) is 12.1 Å². The summed E-state index contributed by atoms with van der Waals surface area (Å²) < 4.78 is 95.7. The van der Waals surface area contributed by atoms with E-state index in [0.29, 0.717) is 5.56 Å². The van der Waals surface area contributed by atoms with Gasteiger partial charge in [-0.25, -0.2) is 0 Å². The molecule has 0 heterocycles. The molecule has 0 saturated heterocycles. The predicted molar refractivity (Wildman–Crippen MR) is 71.6 cm³/mol. The van der Waals surface area contributed by atoms with Crippen LogP contribution >= 0.6 is 20.6 Å². The van der Waals surface area contributed by atoms with Crippen molar-refractivity contribution in [3.8, 4) is 0 Å². The van der Waals surface area contributed by atoms with Crippen LogP contribution in [0.5, 0.6) is 0 Å². The second-order valence-corrected chi connectivity index (χ2v) is 9.01. The fourth-order valence-electron chi connectivity index (χ4n) is 1.08. The Labute approximate surface area is 125 Å². The zero-order valence-corrected chi connectivity index (χ0v) is 13.3. The molecule has 11 heteroatoms. The Kier molecular flexibility index (Phi) is 5.56. The molecule has 0 aromatic heterocycles. The first-order valence-corrected chi connectivity index (χ1v) is 9.94. The zero-order valence-electron chi connectivity index (χ0n) is 10.4. The number of hydrogen-bond acceptors (Lipinski definition) is 4. The van der Waals surface area contributed by atoms with Crippen molar-refractivity contribution in [2.75, 3.05) is 4.43 Å². The molecule has 1 aromatic carbocycles. The molecule has 4 nitrogen and oxygen atoms in total. The Bertz CT molecular complexity index is 584. The van der Waals surface area contributed by atoms with Crippen molar-refractivity contribution in [1.82, 2.24) is 0 Å². The van der Waals surface area contributed by atoms with E-state index in [0.717, 1.165) is 12.1 Å². The van der Waals surface area contributed by atoms with Crippen molar-refractivity contribution < 1.29 is 36.3 Å². The second-order valence-electron chi connectivity index (χ2n) is 3.96. The van der Waals surface area contributed by atoms with Crippen molar-refractivity contribution in [1.29, 1.82) is 0 Å². The topological polar surface area (TPSA) is 63.6 Å². The summed E-state index contributed by atoms with van der Waals surface area (Å²) in [6.45, 7) is 1.66. The van der Waals surface area contributed by atoms with Crippen LogP contribution in [0.2, 0.25) is 0 Å². The summed E-state index contributed by atoms with van der Waals surface area (Å²) in [5.74, 6) is -5.20. The van der Waals surface area contributed by atoms with E-state index in [4.69, 9.17) is 0 Å². The summed E-state index contributed by atoms with van der Waals surface area (Å²) in [5, 5.41) is 0. The van der Waals surface area contributed by atoms with Crippen LogP contribution in [0.15, 0.2) is 29.2 Å². The number of hydrogen-bond donors (Lipinski definition) is 1. The molecule has 0 atom stereocenters. The van der Waals surface area contributed by atoms with Crippen molar-refractivity contribution >= 4 is 30.8 Å². The molecular formula is C10H10F5IO4S. The SMILES string of the molecule is Cc1ccc(S(=O)(=O)OI(O)CC(F)(F)C(F)(F)F)cc1. The standard InChI is InChI=1S/C10H10F5IO4S/c1-7-2-4-8(5-3-7)21(18,19)20-16(17)6-9(11,12)10(13,14)15/h2-5,17H,6H2,1H3. The molecule has 21 heavy (non-hydrogen) atoms. The number of aryl methyl sites for hydroxylation is 1. The number of halogens is 6. The van der Waals surface area contributed by atoms with Crippen molar-refractivity contribution in [2.45, 2.75) is 23.9 Å². The van der Waals surface area contributed by atoms with Crippen molar-refractivity contribution in [3.05, 3.63) is 29.8 Å². The van der Waals surface area contributed by atoms with Gasteiger partial charge in [-0.05, 0) is 0 Å². The molecule has 0 unspecified atom stereocenters. The van der Waals surface area contributed by atoms with E-state index in [-0.39, 0.29) is 0 Å². The number of benzene rings is 1. The van der Waals surface area contributed by atoms with Gasteiger partial charge in [0.2, 0.25) is 0 Å². The third-order valence-electron chi connectivity index (χ3n) is 2.16. The zero-order chi connectivity index (χ0) is 16.5. The molecule has 0 aliphatic heterocycles. The molecule has 0 aliphatic carbocycles. The van der Waals surface area contributed by atoms with Gasteiger partial charge in [0.25, 0.3) is 0 Å². The van der Waals surface area contributed by atoms with Gasteiger partial charge in [-0.2, -0.15) is 0 Å². The number of rotatable bonds is 5. The second kappa shape index (κ2) is 6.30. The average molecular weight is 448 g/mol. The molecule has 0 bridgehead atoms. The van der Waals surface area contributed by atoms with E-state index in [9.17, 15) is 33.8 Å².